The van der Waals surface area contributed by atoms with Crippen LogP contribution < -0.4 is 5.32 Å². The van der Waals surface area contributed by atoms with Gasteiger partial charge in [0.15, 0.2) is 0 Å². The fourth-order valence-electron chi connectivity index (χ4n) is 2.96. The Balaban J connectivity index is 1.70. The first-order chi connectivity index (χ1) is 14.2. The average Bonchev–Trinajstić information content (AvgIpc) is 2.73. The van der Waals surface area contributed by atoms with Crippen LogP contribution in [0.5, 0.6) is 0 Å². The van der Waals surface area contributed by atoms with Crippen LogP contribution in [0.1, 0.15) is 21.5 Å². The summed E-state index contributed by atoms with van der Waals surface area (Å²) >= 11 is 0. The van der Waals surface area contributed by atoms with Crippen molar-refractivity contribution in [3.63, 3.8) is 0 Å². The molecule has 4 nitrogen and oxygen atoms in total. The van der Waals surface area contributed by atoms with Gasteiger partial charge in [-0.1, -0.05) is 54.6 Å². The Morgan fingerprint density at radius 1 is 0.833 bits per heavy atom. The van der Waals surface area contributed by atoms with Crippen LogP contribution in [0.3, 0.4) is 0 Å². The Morgan fingerprint density at radius 3 is 1.87 bits per heavy atom. The number of rotatable bonds is 6. The van der Waals surface area contributed by atoms with E-state index in [0.29, 0.717) is 11.1 Å². The van der Waals surface area contributed by atoms with E-state index in [1.807, 2.05) is 6.07 Å². The number of nitrogens with one attached hydrogen (secondary N) is 1. The summed E-state index contributed by atoms with van der Waals surface area (Å²) in [4.78, 5) is 24.0. The topological polar surface area (TPSA) is 66.4 Å². The monoisotopic (exact) mass is 413 g/mol. The third kappa shape index (κ3) is 5.26. The summed E-state index contributed by atoms with van der Waals surface area (Å²) in [5, 5.41) is 11.9. The minimum atomic E-state index is -4.40. The first-order valence-electron chi connectivity index (χ1n) is 9.09. The van der Waals surface area contributed by atoms with E-state index >= 15 is 0 Å². The number of carboxylic acid groups (broad SMARTS) is 1. The van der Waals surface area contributed by atoms with E-state index in [1.54, 1.807) is 36.4 Å². The summed E-state index contributed by atoms with van der Waals surface area (Å²) in [7, 11) is 0. The van der Waals surface area contributed by atoms with Crippen LogP contribution in [-0.4, -0.2) is 23.0 Å². The second-order valence-corrected chi connectivity index (χ2v) is 6.71. The molecule has 0 aliphatic carbocycles. The number of hydrogen-bond acceptors (Lipinski definition) is 2. The third-order valence-electron chi connectivity index (χ3n) is 4.58. The summed E-state index contributed by atoms with van der Waals surface area (Å²) in [6, 6.07) is 18.8. The Morgan fingerprint density at radius 2 is 1.37 bits per heavy atom. The maximum atomic E-state index is 12.7. The summed E-state index contributed by atoms with van der Waals surface area (Å²) in [6.45, 7) is 0. The molecule has 0 spiro atoms. The second kappa shape index (κ2) is 8.82. The molecule has 1 atom stereocenters. The number of hydrogen-bond donors (Lipinski definition) is 2. The minimum Gasteiger partial charge on any atom is -0.480 e. The summed E-state index contributed by atoms with van der Waals surface area (Å²) in [5.74, 6) is -1.69. The molecular formula is C23H18F3NO3. The van der Waals surface area contributed by atoms with Gasteiger partial charge >= 0.3 is 12.1 Å². The van der Waals surface area contributed by atoms with Crippen LogP contribution in [0.25, 0.3) is 11.1 Å². The van der Waals surface area contributed by atoms with E-state index < -0.39 is 29.7 Å². The molecule has 2 N–H and O–H groups in total. The lowest BCUT2D eigenvalue weighted by molar-refractivity contribution is -0.139. The predicted octanol–water partition coefficient (Wildman–Crippen LogP) is 4.80. The molecule has 0 aliphatic rings. The number of halogens is 3. The standard InChI is InChI=1S/C23H18F3NO3/c24-23(25,26)19-12-10-17(11-13-19)16-6-8-18(9-7-16)21(28)27-20(22(29)30)14-15-4-2-1-3-5-15/h1-13,20H,14H2,(H,27,28)(H,29,30). The largest absolute Gasteiger partial charge is 0.480 e. The van der Waals surface area contributed by atoms with Crippen LogP contribution in [0.15, 0.2) is 78.9 Å². The van der Waals surface area contributed by atoms with Crippen LogP contribution >= 0.6 is 0 Å². The number of carboxylic acids is 1. The fraction of sp³-hybridized carbons (Fsp3) is 0.130. The van der Waals surface area contributed by atoms with Crippen molar-refractivity contribution in [2.24, 2.45) is 0 Å². The molecule has 1 unspecified atom stereocenters. The maximum absolute atomic E-state index is 12.7. The normalized spacial score (nSPS) is 12.2. The highest BCUT2D eigenvalue weighted by molar-refractivity contribution is 5.97. The van der Waals surface area contributed by atoms with Crippen molar-refractivity contribution < 1.29 is 27.9 Å². The van der Waals surface area contributed by atoms with Gasteiger partial charge in [-0.2, -0.15) is 13.2 Å². The highest BCUT2D eigenvalue weighted by Crippen LogP contribution is 2.31. The van der Waals surface area contributed by atoms with Crippen molar-refractivity contribution in [1.82, 2.24) is 5.32 Å². The zero-order valence-corrected chi connectivity index (χ0v) is 15.7. The van der Waals surface area contributed by atoms with Gasteiger partial charge in [-0.3, -0.25) is 4.79 Å². The van der Waals surface area contributed by atoms with Gasteiger partial charge in [0.2, 0.25) is 0 Å². The number of carbonyl (C=O) groups excluding carboxylic acids is 1. The Kier molecular flexibility index (Phi) is 6.20. The fourth-order valence-corrected chi connectivity index (χ4v) is 2.96. The van der Waals surface area contributed by atoms with Gasteiger partial charge < -0.3 is 10.4 Å². The first-order valence-corrected chi connectivity index (χ1v) is 9.09. The molecule has 0 radical (unpaired) electrons. The zero-order valence-electron chi connectivity index (χ0n) is 15.7. The second-order valence-electron chi connectivity index (χ2n) is 6.71. The van der Waals surface area contributed by atoms with Crippen molar-refractivity contribution in [2.75, 3.05) is 0 Å². The molecule has 1 amide bonds. The quantitative estimate of drug-likeness (QED) is 0.610. The first kappa shape index (κ1) is 21.1. The van der Waals surface area contributed by atoms with Gasteiger partial charge in [-0.25, -0.2) is 4.79 Å². The predicted molar refractivity (Wildman–Crippen MR) is 106 cm³/mol. The van der Waals surface area contributed by atoms with Crippen LogP contribution in [-0.2, 0) is 17.4 Å². The van der Waals surface area contributed by atoms with Crippen molar-refractivity contribution in [3.05, 3.63) is 95.6 Å². The Hall–Kier alpha value is -3.61. The highest BCUT2D eigenvalue weighted by atomic mass is 19.4. The smallest absolute Gasteiger partial charge is 0.416 e. The molecule has 7 heteroatoms. The van der Waals surface area contributed by atoms with E-state index in [-0.39, 0.29) is 12.0 Å². The molecule has 154 valence electrons. The van der Waals surface area contributed by atoms with Gasteiger partial charge in [-0.05, 0) is 41.0 Å². The van der Waals surface area contributed by atoms with Crippen molar-refractivity contribution in [1.29, 1.82) is 0 Å². The molecule has 0 saturated heterocycles. The van der Waals surface area contributed by atoms with E-state index in [0.717, 1.165) is 17.7 Å². The average molecular weight is 413 g/mol. The van der Waals surface area contributed by atoms with E-state index in [2.05, 4.69) is 5.32 Å². The number of carbonyl (C=O) groups is 2. The zero-order chi connectivity index (χ0) is 21.7. The van der Waals surface area contributed by atoms with Crippen molar-refractivity contribution >= 4 is 11.9 Å². The molecule has 30 heavy (non-hydrogen) atoms. The number of alkyl halides is 3. The molecule has 0 bridgehead atoms. The number of aliphatic carboxylic acids is 1. The molecule has 0 aliphatic heterocycles. The Labute approximate surface area is 171 Å². The van der Waals surface area contributed by atoms with Crippen LogP contribution in [0.4, 0.5) is 13.2 Å². The number of amides is 1. The maximum Gasteiger partial charge on any atom is 0.416 e. The minimum absolute atomic E-state index is 0.144. The van der Waals surface area contributed by atoms with E-state index in [1.165, 1.54) is 24.3 Å². The van der Waals surface area contributed by atoms with Gasteiger partial charge in [0, 0.05) is 12.0 Å². The lowest BCUT2D eigenvalue weighted by atomic mass is 10.0. The summed E-state index contributed by atoms with van der Waals surface area (Å²) in [6.07, 6.45) is -4.26. The van der Waals surface area contributed by atoms with Crippen molar-refractivity contribution in [3.8, 4) is 11.1 Å². The van der Waals surface area contributed by atoms with E-state index in [9.17, 15) is 27.9 Å². The Bertz CT molecular complexity index is 1010. The molecule has 3 aromatic rings. The van der Waals surface area contributed by atoms with E-state index in [4.69, 9.17) is 0 Å². The lowest BCUT2D eigenvalue weighted by Gasteiger charge is -2.15. The van der Waals surface area contributed by atoms with Gasteiger partial charge in [-0.15, -0.1) is 0 Å². The molecule has 0 fully saturated rings. The SMILES string of the molecule is O=C(NC(Cc1ccccc1)C(=O)O)c1ccc(-c2ccc(C(F)(F)F)cc2)cc1. The molecule has 0 saturated carbocycles. The van der Waals surface area contributed by atoms with Crippen LogP contribution in [0.2, 0.25) is 0 Å². The summed E-state index contributed by atoms with van der Waals surface area (Å²) < 4.78 is 38.0. The number of benzene rings is 3. The molecular weight excluding hydrogens is 395 g/mol. The molecule has 0 aromatic heterocycles. The van der Waals surface area contributed by atoms with Gasteiger partial charge in [0.1, 0.15) is 6.04 Å². The molecule has 3 aromatic carbocycles. The van der Waals surface area contributed by atoms with Crippen molar-refractivity contribution in [2.45, 2.75) is 18.6 Å². The molecule has 3 rings (SSSR count). The van der Waals surface area contributed by atoms with Gasteiger partial charge in [0.05, 0.1) is 5.56 Å². The summed E-state index contributed by atoms with van der Waals surface area (Å²) in [5.41, 5.74) is 1.51. The van der Waals surface area contributed by atoms with Crippen LogP contribution in [0, 0.1) is 0 Å². The third-order valence-corrected chi connectivity index (χ3v) is 4.58. The highest BCUT2D eigenvalue weighted by Gasteiger charge is 2.30. The molecule has 0 heterocycles. The lowest BCUT2D eigenvalue weighted by Crippen LogP contribution is -2.42. The van der Waals surface area contributed by atoms with Gasteiger partial charge in [0.25, 0.3) is 5.91 Å².